The molecule has 21 heavy (non-hydrogen) atoms. The maximum Gasteiger partial charge on any atom is 0.0469 e. The highest BCUT2D eigenvalue weighted by molar-refractivity contribution is 5.25. The number of likely N-dealkylation sites (N-methyl/N-ethyl adjacent to an activating group) is 1. The summed E-state index contributed by atoms with van der Waals surface area (Å²) < 4.78 is 5.43. The molecule has 1 unspecified atom stereocenters. The molecule has 1 N–H and O–H groups in total. The predicted octanol–water partition coefficient (Wildman–Crippen LogP) is 2.87. The predicted molar refractivity (Wildman–Crippen MR) is 88.7 cm³/mol. The second kappa shape index (κ2) is 8.52. The van der Waals surface area contributed by atoms with Crippen LogP contribution in [0.15, 0.2) is 24.3 Å². The van der Waals surface area contributed by atoms with Gasteiger partial charge in [-0.15, -0.1) is 0 Å². The zero-order valence-electron chi connectivity index (χ0n) is 13.8. The van der Waals surface area contributed by atoms with Gasteiger partial charge in [-0.3, -0.25) is 0 Å². The molecular weight excluding hydrogens is 260 g/mol. The monoisotopic (exact) mass is 290 g/mol. The van der Waals surface area contributed by atoms with E-state index < -0.39 is 0 Å². The molecular formula is C18H30N2O. The second-order valence-corrected chi connectivity index (χ2v) is 6.45. The van der Waals surface area contributed by atoms with Crippen LogP contribution in [0.5, 0.6) is 0 Å². The molecule has 1 saturated heterocycles. The second-order valence-electron chi connectivity index (χ2n) is 6.45. The standard InChI is InChI=1S/C18H30N2O/c1-15(12-19-2)18-6-4-16(5-7-18)13-20(3)14-17-8-10-21-11-9-17/h4-7,15,17,19H,8-14H2,1-3H3. The van der Waals surface area contributed by atoms with Gasteiger partial charge in [0.2, 0.25) is 0 Å². The van der Waals surface area contributed by atoms with Crippen molar-refractivity contribution >= 4 is 0 Å². The zero-order chi connectivity index (χ0) is 15.1. The van der Waals surface area contributed by atoms with Gasteiger partial charge < -0.3 is 15.0 Å². The van der Waals surface area contributed by atoms with Crippen LogP contribution < -0.4 is 5.32 Å². The van der Waals surface area contributed by atoms with Gasteiger partial charge in [0.05, 0.1) is 0 Å². The lowest BCUT2D eigenvalue weighted by Gasteiger charge is -2.27. The van der Waals surface area contributed by atoms with Crippen LogP contribution in [0.2, 0.25) is 0 Å². The summed E-state index contributed by atoms with van der Waals surface area (Å²) in [5.41, 5.74) is 2.82. The Hall–Kier alpha value is -0.900. The fourth-order valence-electron chi connectivity index (χ4n) is 3.12. The minimum absolute atomic E-state index is 0.573. The molecule has 0 aromatic heterocycles. The molecule has 1 heterocycles. The van der Waals surface area contributed by atoms with Gasteiger partial charge in [0, 0.05) is 32.8 Å². The van der Waals surface area contributed by atoms with Crippen LogP contribution in [0.25, 0.3) is 0 Å². The van der Waals surface area contributed by atoms with Crippen LogP contribution in [0.4, 0.5) is 0 Å². The molecule has 1 aliphatic rings. The third kappa shape index (κ3) is 5.42. The highest BCUT2D eigenvalue weighted by atomic mass is 16.5. The van der Waals surface area contributed by atoms with Gasteiger partial charge in [-0.25, -0.2) is 0 Å². The Morgan fingerprint density at radius 1 is 1.24 bits per heavy atom. The Labute approximate surface area is 129 Å². The van der Waals surface area contributed by atoms with Crippen LogP contribution >= 0.6 is 0 Å². The summed E-state index contributed by atoms with van der Waals surface area (Å²) >= 11 is 0. The highest BCUT2D eigenvalue weighted by Crippen LogP contribution is 2.18. The topological polar surface area (TPSA) is 24.5 Å². The molecule has 0 spiro atoms. The number of benzene rings is 1. The SMILES string of the molecule is CNCC(C)c1ccc(CN(C)CC2CCOCC2)cc1. The Bertz CT molecular complexity index is 398. The summed E-state index contributed by atoms with van der Waals surface area (Å²) in [4.78, 5) is 2.45. The van der Waals surface area contributed by atoms with Crippen molar-refractivity contribution in [3.05, 3.63) is 35.4 Å². The molecule has 2 rings (SSSR count). The van der Waals surface area contributed by atoms with Crippen LogP contribution in [-0.2, 0) is 11.3 Å². The van der Waals surface area contributed by atoms with Gasteiger partial charge in [0.1, 0.15) is 0 Å². The fraction of sp³-hybridized carbons (Fsp3) is 0.667. The normalized spacial score (nSPS) is 18.1. The van der Waals surface area contributed by atoms with E-state index in [0.717, 1.165) is 32.2 Å². The number of hydrogen-bond donors (Lipinski definition) is 1. The van der Waals surface area contributed by atoms with E-state index in [1.165, 1.54) is 30.5 Å². The van der Waals surface area contributed by atoms with E-state index in [-0.39, 0.29) is 0 Å². The minimum Gasteiger partial charge on any atom is -0.381 e. The van der Waals surface area contributed by atoms with Crippen molar-refractivity contribution in [3.63, 3.8) is 0 Å². The third-order valence-corrected chi connectivity index (χ3v) is 4.42. The quantitative estimate of drug-likeness (QED) is 0.835. The molecule has 3 nitrogen and oxygen atoms in total. The van der Waals surface area contributed by atoms with Crippen LogP contribution in [0.3, 0.4) is 0 Å². The summed E-state index contributed by atoms with van der Waals surface area (Å²) in [6.07, 6.45) is 2.43. The molecule has 0 amide bonds. The molecule has 0 saturated carbocycles. The molecule has 0 bridgehead atoms. The lowest BCUT2D eigenvalue weighted by atomic mass is 9.98. The van der Waals surface area contributed by atoms with E-state index >= 15 is 0 Å². The Morgan fingerprint density at radius 2 is 1.90 bits per heavy atom. The number of ether oxygens (including phenoxy) is 1. The minimum atomic E-state index is 0.573. The lowest BCUT2D eigenvalue weighted by molar-refractivity contribution is 0.0549. The Morgan fingerprint density at radius 3 is 2.52 bits per heavy atom. The maximum atomic E-state index is 5.43. The summed E-state index contributed by atoms with van der Waals surface area (Å²) in [5.74, 6) is 1.38. The number of nitrogens with zero attached hydrogens (tertiary/aromatic N) is 1. The third-order valence-electron chi connectivity index (χ3n) is 4.42. The van der Waals surface area contributed by atoms with Crippen molar-refractivity contribution in [2.75, 3.05) is 40.4 Å². The van der Waals surface area contributed by atoms with Crippen molar-refractivity contribution < 1.29 is 4.74 Å². The summed E-state index contributed by atoms with van der Waals surface area (Å²) in [6.45, 7) is 7.40. The van der Waals surface area contributed by atoms with Crippen molar-refractivity contribution in [1.82, 2.24) is 10.2 Å². The first-order valence-corrected chi connectivity index (χ1v) is 8.18. The van der Waals surface area contributed by atoms with Crippen LogP contribution in [0, 0.1) is 5.92 Å². The Balaban J connectivity index is 1.81. The van der Waals surface area contributed by atoms with Crippen LogP contribution in [0.1, 0.15) is 36.8 Å². The molecule has 0 aliphatic carbocycles. The maximum absolute atomic E-state index is 5.43. The molecule has 118 valence electrons. The molecule has 1 aliphatic heterocycles. The summed E-state index contributed by atoms with van der Waals surface area (Å²) in [7, 11) is 4.24. The summed E-state index contributed by atoms with van der Waals surface area (Å²) in [6, 6.07) is 9.11. The lowest BCUT2D eigenvalue weighted by Crippen LogP contribution is -2.29. The number of hydrogen-bond acceptors (Lipinski definition) is 3. The number of nitrogens with one attached hydrogen (secondary N) is 1. The van der Waals surface area contributed by atoms with Gasteiger partial charge in [0.15, 0.2) is 0 Å². The van der Waals surface area contributed by atoms with Crippen molar-refractivity contribution in [2.24, 2.45) is 5.92 Å². The fourth-order valence-corrected chi connectivity index (χ4v) is 3.12. The molecule has 1 atom stereocenters. The number of rotatable bonds is 7. The smallest absolute Gasteiger partial charge is 0.0469 e. The molecule has 1 aromatic rings. The molecule has 3 heteroatoms. The van der Waals surface area contributed by atoms with Gasteiger partial charge in [0.25, 0.3) is 0 Å². The van der Waals surface area contributed by atoms with Gasteiger partial charge in [-0.2, -0.15) is 0 Å². The largest absolute Gasteiger partial charge is 0.381 e. The molecule has 1 aromatic carbocycles. The van der Waals surface area contributed by atoms with Crippen molar-refractivity contribution in [2.45, 2.75) is 32.2 Å². The highest BCUT2D eigenvalue weighted by Gasteiger charge is 2.15. The molecule has 0 radical (unpaired) electrons. The van der Waals surface area contributed by atoms with E-state index in [2.05, 4.69) is 48.5 Å². The first kappa shape index (κ1) is 16.5. The van der Waals surface area contributed by atoms with E-state index in [1.54, 1.807) is 0 Å². The van der Waals surface area contributed by atoms with E-state index in [9.17, 15) is 0 Å². The summed E-state index contributed by atoms with van der Waals surface area (Å²) in [5, 5.41) is 3.24. The van der Waals surface area contributed by atoms with Crippen molar-refractivity contribution in [3.8, 4) is 0 Å². The first-order chi connectivity index (χ1) is 10.2. The van der Waals surface area contributed by atoms with Gasteiger partial charge >= 0.3 is 0 Å². The van der Waals surface area contributed by atoms with E-state index in [4.69, 9.17) is 4.74 Å². The van der Waals surface area contributed by atoms with Gasteiger partial charge in [-0.05, 0) is 49.9 Å². The van der Waals surface area contributed by atoms with Crippen molar-refractivity contribution in [1.29, 1.82) is 0 Å². The Kier molecular flexibility index (Phi) is 6.68. The van der Waals surface area contributed by atoms with E-state index in [1.807, 2.05) is 7.05 Å². The van der Waals surface area contributed by atoms with Gasteiger partial charge in [-0.1, -0.05) is 31.2 Å². The average Bonchev–Trinajstić information content (AvgIpc) is 2.49. The average molecular weight is 290 g/mol. The van der Waals surface area contributed by atoms with Crippen LogP contribution in [-0.4, -0.2) is 45.3 Å². The van der Waals surface area contributed by atoms with E-state index in [0.29, 0.717) is 5.92 Å². The zero-order valence-corrected chi connectivity index (χ0v) is 13.8. The molecule has 1 fully saturated rings. The first-order valence-electron chi connectivity index (χ1n) is 8.18.